The summed E-state index contributed by atoms with van der Waals surface area (Å²) in [5.41, 5.74) is 9.72. The van der Waals surface area contributed by atoms with Gasteiger partial charge in [0.15, 0.2) is 5.75 Å². The third-order valence-corrected chi connectivity index (χ3v) is 12.0. The van der Waals surface area contributed by atoms with Gasteiger partial charge in [-0.3, -0.25) is 0 Å². The summed E-state index contributed by atoms with van der Waals surface area (Å²) < 4.78 is 18.9. The zero-order valence-electron chi connectivity index (χ0n) is 35.2. The van der Waals surface area contributed by atoms with E-state index in [1.54, 1.807) is 0 Å². The van der Waals surface area contributed by atoms with Crippen LogP contribution in [-0.4, -0.2) is 19.8 Å². The molecule has 1 unspecified atom stereocenters. The molecule has 6 rings (SSSR count). The Morgan fingerprint density at radius 1 is 0.552 bits per heavy atom. The van der Waals surface area contributed by atoms with E-state index in [2.05, 4.69) is 74.2 Å². The van der Waals surface area contributed by atoms with E-state index in [0.717, 1.165) is 86.7 Å². The van der Waals surface area contributed by atoms with E-state index < -0.39 is 0 Å². The molecule has 1 atom stereocenters. The molecule has 0 amide bonds. The summed E-state index contributed by atoms with van der Waals surface area (Å²) in [4.78, 5) is 12.4. The van der Waals surface area contributed by atoms with Crippen molar-refractivity contribution in [1.29, 1.82) is 0 Å². The van der Waals surface area contributed by atoms with Crippen LogP contribution in [-0.2, 0) is 42.6 Å². The molecule has 1 spiro atoms. The molecule has 2 aliphatic carbocycles. The summed E-state index contributed by atoms with van der Waals surface area (Å²) >= 11 is 0. The van der Waals surface area contributed by atoms with E-state index in [4.69, 9.17) is 36.8 Å². The van der Waals surface area contributed by atoms with Crippen molar-refractivity contribution in [3.05, 3.63) is 117 Å². The van der Waals surface area contributed by atoms with Crippen LogP contribution in [0.2, 0.25) is 0 Å². The fourth-order valence-corrected chi connectivity index (χ4v) is 9.03. The number of ether oxygens (including phenoxy) is 3. The van der Waals surface area contributed by atoms with E-state index >= 15 is 0 Å². The smallest absolute Gasteiger partial charge is 0.170 e. The number of fused-ring (bicyclic) bond motifs is 4. The summed E-state index contributed by atoms with van der Waals surface area (Å²) in [5, 5.41) is 0. The second-order valence-corrected chi connectivity index (χ2v) is 16.2. The first-order chi connectivity index (χ1) is 28.6. The van der Waals surface area contributed by atoms with Crippen LogP contribution in [0.1, 0.15) is 148 Å². The lowest BCUT2D eigenvalue weighted by atomic mass is 9.73. The number of rotatable bonds is 25. The fourth-order valence-electron chi connectivity index (χ4n) is 9.03. The molecule has 0 fully saturated rings. The number of hydrogen-bond acceptors (Lipinski definition) is 5. The van der Waals surface area contributed by atoms with Crippen molar-refractivity contribution in [2.75, 3.05) is 19.8 Å². The second kappa shape index (κ2) is 22.3. The molecule has 0 aromatic heterocycles. The Morgan fingerprint density at radius 2 is 1.10 bits per heavy atom. The zero-order chi connectivity index (χ0) is 40.4. The first-order valence-corrected chi connectivity index (χ1v) is 22.1. The molecule has 58 heavy (non-hydrogen) atoms. The minimum atomic E-state index is -0.253. The lowest BCUT2D eigenvalue weighted by molar-refractivity contribution is -0.218. The largest absolute Gasteiger partial charge is 0.493 e. The van der Waals surface area contributed by atoms with Gasteiger partial charge in [-0.05, 0) is 109 Å². The van der Waals surface area contributed by atoms with Crippen molar-refractivity contribution in [2.24, 2.45) is 0 Å². The maximum absolute atomic E-state index is 6.67. The molecule has 0 bridgehead atoms. The van der Waals surface area contributed by atoms with Crippen molar-refractivity contribution in [3.63, 3.8) is 0 Å². The van der Waals surface area contributed by atoms with Crippen LogP contribution in [0.15, 0.2) is 72.8 Å². The Hall–Kier alpha value is -4.84. The van der Waals surface area contributed by atoms with Gasteiger partial charge >= 0.3 is 0 Å². The van der Waals surface area contributed by atoms with Crippen LogP contribution in [0.4, 0.5) is 0 Å². The summed E-state index contributed by atoms with van der Waals surface area (Å²) in [5.74, 6) is 8.80. The van der Waals surface area contributed by atoms with Crippen molar-refractivity contribution < 1.29 is 24.0 Å². The van der Waals surface area contributed by atoms with Crippen LogP contribution >= 0.6 is 0 Å². The molecule has 5 nitrogen and oxygen atoms in total. The van der Waals surface area contributed by atoms with E-state index in [-0.39, 0.29) is 12.0 Å². The Kier molecular flexibility index (Phi) is 16.5. The molecule has 0 heterocycles. The lowest BCUT2D eigenvalue weighted by Crippen LogP contribution is -2.24. The molecule has 2 aliphatic rings. The van der Waals surface area contributed by atoms with Crippen molar-refractivity contribution in [1.82, 2.24) is 0 Å². The van der Waals surface area contributed by atoms with E-state index in [9.17, 15) is 0 Å². The number of hydrogen-bond donors (Lipinski definition) is 0. The molecule has 306 valence electrons. The average Bonchev–Trinajstić information content (AvgIpc) is 3.84. The third-order valence-electron chi connectivity index (χ3n) is 12.0. The summed E-state index contributed by atoms with van der Waals surface area (Å²) in [6, 6.07) is 25.3. The van der Waals surface area contributed by atoms with E-state index in [0.29, 0.717) is 13.0 Å². The molecule has 0 aliphatic heterocycles. The Morgan fingerprint density at radius 3 is 1.72 bits per heavy atom. The molecule has 0 saturated heterocycles. The molecular formula is C53H64O5. The van der Waals surface area contributed by atoms with Gasteiger partial charge in [0.1, 0.15) is 30.5 Å². The zero-order valence-corrected chi connectivity index (χ0v) is 35.2. The van der Waals surface area contributed by atoms with Gasteiger partial charge in [-0.1, -0.05) is 126 Å². The highest BCUT2D eigenvalue weighted by Crippen LogP contribution is 2.59. The molecule has 5 heteroatoms. The number of unbranched alkanes of at least 4 members (excludes halogenated alkanes) is 10. The maximum Gasteiger partial charge on any atom is 0.170 e. The van der Waals surface area contributed by atoms with Gasteiger partial charge in [0.05, 0.1) is 13.2 Å². The highest BCUT2D eigenvalue weighted by atomic mass is 17.2. The fraction of sp³-hybridized carbons (Fsp3) is 0.472. The van der Waals surface area contributed by atoms with Crippen molar-refractivity contribution >= 4 is 0 Å². The third kappa shape index (κ3) is 11.0. The molecular weight excluding hydrogens is 717 g/mol. The molecule has 0 N–H and O–H groups in total. The molecule has 4 aromatic rings. The van der Waals surface area contributed by atoms with Crippen LogP contribution in [0, 0.1) is 24.7 Å². The van der Waals surface area contributed by atoms with Gasteiger partial charge in [0.2, 0.25) is 0 Å². The quantitative estimate of drug-likeness (QED) is 0.0290. The molecule has 0 saturated carbocycles. The van der Waals surface area contributed by atoms with Crippen molar-refractivity contribution in [2.45, 2.75) is 141 Å². The summed E-state index contributed by atoms with van der Waals surface area (Å²) in [6.45, 7) is 6.52. The monoisotopic (exact) mass is 780 g/mol. The standard InChI is InChI=1S/C53H64O5/c1-5-9-11-13-15-17-37-55-48-29-26-44(39-42-22-20-41(19-7-3)21-23-42)51-46(48)32-34-53(51)35-33-47-49(56-38-18-16-14-12-10-6-2)30-31-50(52(47)53)58-57-40-43-24-27-45(28-25-43)54-36-8-4/h3-4,20-31H,5-6,9-19,32-40H2,1-2H3. The SMILES string of the molecule is C#CCOc1ccc(COOc2ccc(OCCCCCCCC)c3c2C2(CCc4c(OCCCCCCCC)ccc(Cc5ccc(CC#C)cc5)c42)CC3)cc1. The first kappa shape index (κ1) is 42.8. The Bertz CT molecular complexity index is 1960. The van der Waals surface area contributed by atoms with Crippen molar-refractivity contribution in [3.8, 4) is 47.7 Å². The first-order valence-electron chi connectivity index (χ1n) is 22.1. The van der Waals surface area contributed by atoms with Gasteiger partial charge < -0.3 is 19.1 Å². The highest BCUT2D eigenvalue weighted by Gasteiger charge is 2.50. The highest BCUT2D eigenvalue weighted by molar-refractivity contribution is 5.66. The Balaban J connectivity index is 1.31. The predicted octanol–water partition coefficient (Wildman–Crippen LogP) is 12.6. The van der Waals surface area contributed by atoms with E-state index in [1.165, 1.54) is 103 Å². The predicted molar refractivity (Wildman–Crippen MR) is 236 cm³/mol. The number of terminal acetylenes is 2. The van der Waals surface area contributed by atoms with Crippen LogP contribution in [0.5, 0.6) is 23.0 Å². The van der Waals surface area contributed by atoms with Crippen LogP contribution in [0.3, 0.4) is 0 Å². The minimum absolute atomic E-state index is 0.237. The normalized spacial score (nSPS) is 15.1. The van der Waals surface area contributed by atoms with Gasteiger partial charge in [0, 0.05) is 23.0 Å². The van der Waals surface area contributed by atoms with Crippen LogP contribution in [0.25, 0.3) is 0 Å². The molecule has 4 aromatic carbocycles. The minimum Gasteiger partial charge on any atom is -0.493 e. The van der Waals surface area contributed by atoms with Gasteiger partial charge in [-0.15, -0.1) is 18.8 Å². The second-order valence-electron chi connectivity index (χ2n) is 16.2. The van der Waals surface area contributed by atoms with Gasteiger partial charge in [-0.25, -0.2) is 0 Å². The van der Waals surface area contributed by atoms with E-state index in [1.807, 2.05) is 24.3 Å². The van der Waals surface area contributed by atoms with Crippen LogP contribution < -0.4 is 19.1 Å². The summed E-state index contributed by atoms with van der Waals surface area (Å²) in [6.07, 6.45) is 31.1. The maximum atomic E-state index is 6.67. The van der Waals surface area contributed by atoms with Gasteiger partial charge in [0.25, 0.3) is 0 Å². The number of benzene rings is 4. The summed E-state index contributed by atoms with van der Waals surface area (Å²) in [7, 11) is 0. The topological polar surface area (TPSA) is 46.2 Å². The van der Waals surface area contributed by atoms with Gasteiger partial charge in [-0.2, -0.15) is 4.89 Å². The molecule has 0 radical (unpaired) electrons. The average molecular weight is 781 g/mol. The lowest BCUT2D eigenvalue weighted by Gasteiger charge is -2.31. The Labute approximate surface area is 349 Å².